The summed E-state index contributed by atoms with van der Waals surface area (Å²) < 4.78 is 0. The number of hydrogen-bond acceptors (Lipinski definition) is 4. The van der Waals surface area contributed by atoms with Crippen LogP contribution in [0.2, 0.25) is 0 Å². The maximum Gasteiger partial charge on any atom is 0.270 e. The number of carbonyl (C=O) groups is 2. The van der Waals surface area contributed by atoms with E-state index in [4.69, 9.17) is 0 Å². The molecule has 4 rings (SSSR count). The number of imide groups is 1. The van der Waals surface area contributed by atoms with Crippen molar-refractivity contribution in [2.24, 2.45) is 0 Å². The summed E-state index contributed by atoms with van der Waals surface area (Å²) in [6.45, 7) is 0.313. The third-order valence-corrected chi connectivity index (χ3v) is 4.67. The minimum atomic E-state index is -0.422. The van der Waals surface area contributed by atoms with Crippen molar-refractivity contribution in [1.29, 1.82) is 0 Å². The zero-order chi connectivity index (χ0) is 18.3. The molecule has 3 aromatic rings. The molecular formula is C19H15N3O4. The van der Waals surface area contributed by atoms with E-state index in [1.54, 1.807) is 36.4 Å². The molecule has 1 aromatic heterocycles. The molecule has 1 aliphatic rings. The first-order valence-electron chi connectivity index (χ1n) is 8.26. The monoisotopic (exact) mass is 349 g/mol. The number of aromatic nitrogens is 1. The first-order chi connectivity index (χ1) is 12.6. The molecule has 2 aromatic carbocycles. The second kappa shape index (κ2) is 6.11. The summed E-state index contributed by atoms with van der Waals surface area (Å²) in [6.07, 6.45) is 3.01. The number of non-ortho nitro benzene ring substituents is 1. The van der Waals surface area contributed by atoms with Crippen LogP contribution in [0.3, 0.4) is 0 Å². The number of H-pyrrole nitrogens is 1. The molecule has 2 heterocycles. The highest BCUT2D eigenvalue weighted by Crippen LogP contribution is 2.26. The lowest BCUT2D eigenvalue weighted by molar-refractivity contribution is -0.384. The molecular weight excluding hydrogens is 334 g/mol. The van der Waals surface area contributed by atoms with Gasteiger partial charge < -0.3 is 4.98 Å². The molecule has 7 nitrogen and oxygen atoms in total. The maximum absolute atomic E-state index is 12.4. The Morgan fingerprint density at radius 2 is 1.73 bits per heavy atom. The fourth-order valence-electron chi connectivity index (χ4n) is 3.36. The number of aromatic amines is 1. The SMILES string of the molecule is O=C1c2ccccc2C(=O)N1CCCc1c[nH]c2ccc([N+](=O)[O-])cc12. The van der Waals surface area contributed by atoms with Gasteiger partial charge in [0.25, 0.3) is 17.5 Å². The number of nitro benzene ring substituents is 1. The first-order valence-corrected chi connectivity index (χ1v) is 8.26. The fourth-order valence-corrected chi connectivity index (χ4v) is 3.36. The molecule has 0 radical (unpaired) electrons. The van der Waals surface area contributed by atoms with Crippen LogP contribution in [0.15, 0.2) is 48.7 Å². The largest absolute Gasteiger partial charge is 0.361 e. The smallest absolute Gasteiger partial charge is 0.270 e. The van der Waals surface area contributed by atoms with Gasteiger partial charge in [-0.1, -0.05) is 12.1 Å². The molecule has 0 unspecified atom stereocenters. The van der Waals surface area contributed by atoms with Crippen molar-refractivity contribution in [3.8, 4) is 0 Å². The van der Waals surface area contributed by atoms with Crippen LogP contribution in [0.1, 0.15) is 32.7 Å². The lowest BCUT2D eigenvalue weighted by Crippen LogP contribution is -2.30. The second-order valence-corrected chi connectivity index (χ2v) is 6.21. The highest BCUT2D eigenvalue weighted by molar-refractivity contribution is 6.21. The maximum atomic E-state index is 12.4. The lowest BCUT2D eigenvalue weighted by atomic mass is 10.1. The number of nitrogens with one attached hydrogen (secondary N) is 1. The van der Waals surface area contributed by atoms with Gasteiger partial charge in [-0.2, -0.15) is 0 Å². The molecule has 7 heteroatoms. The summed E-state index contributed by atoms with van der Waals surface area (Å²) >= 11 is 0. The van der Waals surface area contributed by atoms with Crippen LogP contribution in [0, 0.1) is 10.1 Å². The molecule has 130 valence electrons. The van der Waals surface area contributed by atoms with Crippen LogP contribution >= 0.6 is 0 Å². The summed E-state index contributed by atoms with van der Waals surface area (Å²) in [6, 6.07) is 11.5. The molecule has 0 saturated carbocycles. The normalized spacial score (nSPS) is 13.5. The number of aryl methyl sites for hydroxylation is 1. The van der Waals surface area contributed by atoms with E-state index in [1.807, 2.05) is 6.20 Å². The third kappa shape index (κ3) is 2.54. The quantitative estimate of drug-likeness (QED) is 0.434. The Hall–Kier alpha value is -3.48. The van der Waals surface area contributed by atoms with E-state index in [1.165, 1.54) is 11.0 Å². The van der Waals surface area contributed by atoms with Gasteiger partial charge in [-0.05, 0) is 36.6 Å². The third-order valence-electron chi connectivity index (χ3n) is 4.67. The predicted octanol–water partition coefficient (Wildman–Crippen LogP) is 3.30. The van der Waals surface area contributed by atoms with Crippen molar-refractivity contribution in [2.45, 2.75) is 12.8 Å². The molecule has 0 saturated heterocycles. The average Bonchev–Trinajstić information content (AvgIpc) is 3.16. The van der Waals surface area contributed by atoms with Gasteiger partial charge in [0, 0.05) is 35.8 Å². The van der Waals surface area contributed by atoms with E-state index in [0.29, 0.717) is 30.5 Å². The van der Waals surface area contributed by atoms with Gasteiger partial charge in [0.2, 0.25) is 0 Å². The van der Waals surface area contributed by atoms with Gasteiger partial charge in [-0.15, -0.1) is 0 Å². The van der Waals surface area contributed by atoms with Gasteiger partial charge in [-0.3, -0.25) is 24.6 Å². The molecule has 0 aliphatic carbocycles. The summed E-state index contributed by atoms with van der Waals surface area (Å²) in [5, 5.41) is 11.8. The van der Waals surface area contributed by atoms with Crippen molar-refractivity contribution < 1.29 is 14.5 Å². The van der Waals surface area contributed by atoms with Crippen LogP contribution in [-0.4, -0.2) is 33.2 Å². The molecule has 2 amide bonds. The summed E-state index contributed by atoms with van der Waals surface area (Å²) in [4.78, 5) is 39.6. The number of carbonyl (C=O) groups excluding carboxylic acids is 2. The van der Waals surface area contributed by atoms with Crippen molar-refractivity contribution in [3.05, 3.63) is 75.5 Å². The van der Waals surface area contributed by atoms with Crippen molar-refractivity contribution in [3.63, 3.8) is 0 Å². The minimum absolute atomic E-state index is 0.0405. The Kier molecular flexibility index (Phi) is 3.76. The van der Waals surface area contributed by atoms with Crippen molar-refractivity contribution >= 4 is 28.4 Å². The number of nitro groups is 1. The number of fused-ring (bicyclic) bond motifs is 2. The second-order valence-electron chi connectivity index (χ2n) is 6.21. The van der Waals surface area contributed by atoms with Gasteiger partial charge in [0.15, 0.2) is 0 Å². The number of hydrogen-bond donors (Lipinski definition) is 1. The van der Waals surface area contributed by atoms with Crippen LogP contribution in [0.4, 0.5) is 5.69 Å². The number of benzene rings is 2. The summed E-state index contributed by atoms with van der Waals surface area (Å²) in [5.41, 5.74) is 2.69. The van der Waals surface area contributed by atoms with E-state index in [0.717, 1.165) is 16.5 Å². The zero-order valence-corrected chi connectivity index (χ0v) is 13.8. The molecule has 1 N–H and O–H groups in total. The number of amides is 2. The summed E-state index contributed by atoms with van der Waals surface area (Å²) in [7, 11) is 0. The van der Waals surface area contributed by atoms with Crippen LogP contribution in [-0.2, 0) is 6.42 Å². The standard InChI is InChI=1S/C19H15N3O4/c23-18-14-5-1-2-6-15(14)19(24)21(18)9-3-4-12-11-20-17-8-7-13(22(25)26)10-16(12)17/h1-2,5-8,10-11,20H,3-4,9H2. The highest BCUT2D eigenvalue weighted by atomic mass is 16.6. The van der Waals surface area contributed by atoms with Gasteiger partial charge in [0.05, 0.1) is 16.1 Å². The molecule has 0 atom stereocenters. The number of rotatable bonds is 5. The van der Waals surface area contributed by atoms with Crippen LogP contribution in [0.25, 0.3) is 10.9 Å². The van der Waals surface area contributed by atoms with Crippen molar-refractivity contribution in [1.82, 2.24) is 9.88 Å². The molecule has 0 spiro atoms. The molecule has 26 heavy (non-hydrogen) atoms. The Balaban J connectivity index is 1.48. The van der Waals surface area contributed by atoms with Crippen LogP contribution in [0.5, 0.6) is 0 Å². The molecule has 1 aliphatic heterocycles. The van der Waals surface area contributed by atoms with Gasteiger partial charge in [0.1, 0.15) is 0 Å². The molecule has 0 fully saturated rings. The van der Waals surface area contributed by atoms with E-state index >= 15 is 0 Å². The summed E-state index contributed by atoms with van der Waals surface area (Å²) in [5.74, 6) is -0.527. The van der Waals surface area contributed by atoms with E-state index in [9.17, 15) is 19.7 Å². The van der Waals surface area contributed by atoms with E-state index in [2.05, 4.69) is 4.98 Å². The predicted molar refractivity (Wildman–Crippen MR) is 95.1 cm³/mol. The molecule has 0 bridgehead atoms. The highest BCUT2D eigenvalue weighted by Gasteiger charge is 2.34. The Morgan fingerprint density at radius 3 is 2.38 bits per heavy atom. The lowest BCUT2D eigenvalue weighted by Gasteiger charge is -2.13. The van der Waals surface area contributed by atoms with Crippen molar-refractivity contribution in [2.75, 3.05) is 6.54 Å². The van der Waals surface area contributed by atoms with E-state index < -0.39 is 4.92 Å². The van der Waals surface area contributed by atoms with E-state index in [-0.39, 0.29) is 17.5 Å². The Labute approximate surface area is 148 Å². The zero-order valence-electron chi connectivity index (χ0n) is 13.8. The van der Waals surface area contributed by atoms with Gasteiger partial charge >= 0.3 is 0 Å². The van der Waals surface area contributed by atoms with Gasteiger partial charge in [-0.25, -0.2) is 0 Å². The average molecular weight is 349 g/mol. The minimum Gasteiger partial charge on any atom is -0.361 e. The Morgan fingerprint density at radius 1 is 1.04 bits per heavy atom. The number of nitrogens with zero attached hydrogens (tertiary/aromatic N) is 2. The Bertz CT molecular complexity index is 1020. The van der Waals surface area contributed by atoms with Crippen LogP contribution < -0.4 is 0 Å². The first kappa shape index (κ1) is 16.0. The fraction of sp³-hybridized carbons (Fsp3) is 0.158. The topological polar surface area (TPSA) is 96.3 Å².